The number of nitrogens with one attached hydrogen (secondary N) is 1. The molecule has 2 amide bonds. The number of anilines is 2. The number of carbonyl (C=O) groups is 3. The Morgan fingerprint density at radius 2 is 1.67 bits per heavy atom. The van der Waals surface area contributed by atoms with Crippen molar-refractivity contribution in [1.82, 2.24) is 4.98 Å². The third-order valence-corrected chi connectivity index (χ3v) is 9.02. The molecule has 2 heterocycles. The van der Waals surface area contributed by atoms with Gasteiger partial charge in [0.05, 0.1) is 31.9 Å². The van der Waals surface area contributed by atoms with Gasteiger partial charge in [-0.25, -0.2) is 4.98 Å². The highest BCUT2D eigenvalue weighted by atomic mass is 32.1. The number of ether oxygens (including phenoxy) is 4. The third kappa shape index (κ3) is 11.0. The Bertz CT molecular complexity index is 1830. The van der Waals surface area contributed by atoms with E-state index in [1.807, 2.05) is 100 Å². The fraction of sp³-hybridized carbons (Fsp3) is 0.400. The fourth-order valence-electron chi connectivity index (χ4n) is 5.78. The van der Waals surface area contributed by atoms with E-state index in [4.69, 9.17) is 23.9 Å². The van der Waals surface area contributed by atoms with Gasteiger partial charge >= 0.3 is 5.97 Å². The van der Waals surface area contributed by atoms with Crippen molar-refractivity contribution < 1.29 is 33.3 Å². The van der Waals surface area contributed by atoms with E-state index in [1.165, 1.54) is 11.3 Å². The van der Waals surface area contributed by atoms with Crippen molar-refractivity contribution in [2.45, 2.75) is 65.9 Å². The Hall–Kier alpha value is -4.58. The number of rotatable bonds is 16. The summed E-state index contributed by atoms with van der Waals surface area (Å²) in [6.45, 7) is 12.2. The lowest BCUT2D eigenvalue weighted by Crippen LogP contribution is -2.29. The first-order valence-corrected chi connectivity index (χ1v) is 18.2. The predicted molar refractivity (Wildman–Crippen MR) is 200 cm³/mol. The second-order valence-electron chi connectivity index (χ2n) is 13.4. The quantitative estimate of drug-likeness (QED) is 0.0947. The van der Waals surface area contributed by atoms with Crippen LogP contribution in [0.5, 0.6) is 5.75 Å². The SMILES string of the molecule is Cc1ccccc1C(=O)N1CCc2cc(-c3nc(NC(=O)Cc4cccc(OCCOCCOCCCC(=O)OC(C)(C)C)c4)sc3C)ccc21. The second-order valence-corrected chi connectivity index (χ2v) is 14.6. The Morgan fingerprint density at radius 3 is 2.45 bits per heavy atom. The number of esters is 1. The molecule has 4 aromatic rings. The van der Waals surface area contributed by atoms with E-state index in [2.05, 4.69) is 11.4 Å². The van der Waals surface area contributed by atoms with E-state index in [1.54, 1.807) is 0 Å². The van der Waals surface area contributed by atoms with Gasteiger partial charge < -0.3 is 29.2 Å². The Kier molecular flexibility index (Phi) is 13.0. The lowest BCUT2D eigenvalue weighted by atomic mass is 10.0. The van der Waals surface area contributed by atoms with E-state index in [0.717, 1.165) is 50.5 Å². The number of aryl methyl sites for hydroxylation is 2. The van der Waals surface area contributed by atoms with E-state index in [9.17, 15) is 14.4 Å². The van der Waals surface area contributed by atoms with Crippen LogP contribution in [0.25, 0.3) is 11.3 Å². The maximum Gasteiger partial charge on any atom is 0.306 e. The van der Waals surface area contributed by atoms with Gasteiger partial charge in [-0.05, 0) is 94.5 Å². The molecule has 0 spiro atoms. The average Bonchev–Trinajstić information content (AvgIpc) is 3.67. The van der Waals surface area contributed by atoms with E-state index in [-0.39, 0.29) is 24.2 Å². The molecule has 270 valence electrons. The average molecular weight is 714 g/mol. The van der Waals surface area contributed by atoms with Crippen molar-refractivity contribution in [3.05, 3.63) is 93.9 Å². The Labute approximate surface area is 304 Å². The molecule has 11 heteroatoms. The largest absolute Gasteiger partial charge is 0.491 e. The van der Waals surface area contributed by atoms with Crippen LogP contribution in [-0.4, -0.2) is 67.9 Å². The van der Waals surface area contributed by atoms with Gasteiger partial charge in [0.25, 0.3) is 5.91 Å². The van der Waals surface area contributed by atoms with Gasteiger partial charge in [-0.3, -0.25) is 14.4 Å². The Balaban J connectivity index is 1.04. The number of fused-ring (bicyclic) bond motifs is 1. The molecule has 0 aliphatic carbocycles. The number of thiazole rings is 1. The molecular formula is C40H47N3O7S. The summed E-state index contributed by atoms with van der Waals surface area (Å²) in [6, 6.07) is 21.2. The van der Waals surface area contributed by atoms with Gasteiger partial charge in [0.1, 0.15) is 18.0 Å². The predicted octanol–water partition coefficient (Wildman–Crippen LogP) is 7.34. The molecule has 0 bridgehead atoms. The molecular weight excluding hydrogens is 667 g/mol. The molecule has 0 unspecified atom stereocenters. The Morgan fingerprint density at radius 1 is 0.902 bits per heavy atom. The maximum absolute atomic E-state index is 13.3. The van der Waals surface area contributed by atoms with Crippen LogP contribution in [0.15, 0.2) is 66.7 Å². The van der Waals surface area contributed by atoms with Crippen molar-refractivity contribution in [1.29, 1.82) is 0 Å². The molecule has 1 aliphatic rings. The normalized spacial score (nSPS) is 12.5. The van der Waals surface area contributed by atoms with Crippen molar-refractivity contribution in [2.75, 3.05) is 49.8 Å². The number of hydrogen-bond acceptors (Lipinski definition) is 9. The highest BCUT2D eigenvalue weighted by Crippen LogP contribution is 2.36. The summed E-state index contributed by atoms with van der Waals surface area (Å²) in [5.74, 6) is 0.290. The van der Waals surface area contributed by atoms with Crippen LogP contribution in [0.1, 0.15) is 65.5 Å². The molecule has 1 aromatic heterocycles. The van der Waals surface area contributed by atoms with Crippen molar-refractivity contribution in [3.8, 4) is 17.0 Å². The molecule has 0 saturated carbocycles. The third-order valence-electron chi connectivity index (χ3n) is 8.13. The first-order valence-electron chi connectivity index (χ1n) is 17.3. The lowest BCUT2D eigenvalue weighted by Gasteiger charge is -2.19. The summed E-state index contributed by atoms with van der Waals surface area (Å²) in [5, 5.41) is 3.50. The molecule has 1 aliphatic heterocycles. The number of amides is 2. The molecule has 10 nitrogen and oxygen atoms in total. The fourth-order valence-corrected chi connectivity index (χ4v) is 6.63. The standard InChI is InChI=1S/C40H47N3O7S/c1-27-10-6-7-13-33(27)38(46)43-18-17-30-26-31(15-16-34(30)43)37-28(2)51-39(42-37)41-35(44)25-29-11-8-12-32(24-29)49-23-22-48-21-20-47-19-9-14-36(45)50-40(3,4)5/h6-8,10-13,15-16,24,26H,9,14,17-23,25H2,1-5H3,(H,41,42,44). The zero-order valence-electron chi connectivity index (χ0n) is 30.1. The van der Waals surface area contributed by atoms with Crippen LogP contribution in [0.2, 0.25) is 0 Å². The molecule has 0 fully saturated rings. The monoisotopic (exact) mass is 713 g/mol. The first kappa shape index (κ1) is 37.7. The number of benzene rings is 3. The lowest BCUT2D eigenvalue weighted by molar-refractivity contribution is -0.155. The van der Waals surface area contributed by atoms with E-state index >= 15 is 0 Å². The van der Waals surface area contributed by atoms with E-state index < -0.39 is 5.60 Å². The van der Waals surface area contributed by atoms with Crippen LogP contribution < -0.4 is 15.0 Å². The van der Waals surface area contributed by atoms with Crippen LogP contribution in [-0.2, 0) is 36.6 Å². The van der Waals surface area contributed by atoms with Gasteiger partial charge in [-0.1, -0.05) is 36.4 Å². The summed E-state index contributed by atoms with van der Waals surface area (Å²) in [7, 11) is 0. The number of aromatic nitrogens is 1. The van der Waals surface area contributed by atoms with Crippen LogP contribution in [0.3, 0.4) is 0 Å². The molecule has 51 heavy (non-hydrogen) atoms. The molecule has 3 aromatic carbocycles. The number of hydrogen-bond donors (Lipinski definition) is 1. The van der Waals surface area contributed by atoms with Crippen molar-refractivity contribution in [3.63, 3.8) is 0 Å². The summed E-state index contributed by atoms with van der Waals surface area (Å²) in [4.78, 5) is 45.6. The van der Waals surface area contributed by atoms with Crippen LogP contribution in [0.4, 0.5) is 10.8 Å². The first-order chi connectivity index (χ1) is 24.5. The molecule has 5 rings (SSSR count). The van der Waals surface area contributed by atoms with Gasteiger partial charge in [0.15, 0.2) is 5.13 Å². The number of nitrogens with zero attached hydrogens (tertiary/aromatic N) is 2. The molecule has 1 N–H and O–H groups in total. The summed E-state index contributed by atoms with van der Waals surface area (Å²) in [5.41, 5.74) is 5.86. The van der Waals surface area contributed by atoms with Crippen molar-refractivity contribution in [2.24, 2.45) is 0 Å². The van der Waals surface area contributed by atoms with E-state index in [0.29, 0.717) is 63.3 Å². The summed E-state index contributed by atoms with van der Waals surface area (Å²) < 4.78 is 22.2. The summed E-state index contributed by atoms with van der Waals surface area (Å²) in [6.07, 6.45) is 1.88. The van der Waals surface area contributed by atoms with Crippen molar-refractivity contribution >= 4 is 39.9 Å². The molecule has 0 saturated heterocycles. The minimum atomic E-state index is -0.473. The maximum atomic E-state index is 13.3. The smallest absolute Gasteiger partial charge is 0.306 e. The van der Waals surface area contributed by atoms with Gasteiger partial charge in [-0.15, -0.1) is 11.3 Å². The molecule has 0 radical (unpaired) electrons. The summed E-state index contributed by atoms with van der Waals surface area (Å²) >= 11 is 1.44. The van der Waals surface area contributed by atoms with Gasteiger partial charge in [-0.2, -0.15) is 0 Å². The minimum Gasteiger partial charge on any atom is -0.491 e. The molecule has 0 atom stereocenters. The van der Waals surface area contributed by atoms with Gasteiger partial charge in [0.2, 0.25) is 5.91 Å². The topological polar surface area (TPSA) is 116 Å². The zero-order chi connectivity index (χ0) is 36.4. The second kappa shape index (κ2) is 17.6. The van der Waals surface area contributed by atoms with Crippen LogP contribution >= 0.6 is 11.3 Å². The zero-order valence-corrected chi connectivity index (χ0v) is 30.9. The highest BCUT2D eigenvalue weighted by Gasteiger charge is 2.27. The highest BCUT2D eigenvalue weighted by molar-refractivity contribution is 7.16. The minimum absolute atomic E-state index is 0.0174. The van der Waals surface area contributed by atoms with Gasteiger partial charge in [0, 0.05) is 41.3 Å². The van der Waals surface area contributed by atoms with Crippen LogP contribution in [0, 0.1) is 13.8 Å². The number of carbonyl (C=O) groups excluding carboxylic acids is 3.